The van der Waals surface area contributed by atoms with Crippen LogP contribution in [0, 0.1) is 6.92 Å². The van der Waals surface area contributed by atoms with Crippen molar-refractivity contribution in [1.29, 1.82) is 0 Å². The van der Waals surface area contributed by atoms with Crippen LogP contribution in [0.3, 0.4) is 0 Å². The Bertz CT molecular complexity index is 646. The zero-order valence-electron chi connectivity index (χ0n) is 12.4. The van der Waals surface area contributed by atoms with Crippen molar-refractivity contribution in [2.45, 2.75) is 13.7 Å². The second-order valence-electron chi connectivity index (χ2n) is 4.15. The van der Waals surface area contributed by atoms with Crippen molar-refractivity contribution >= 4 is 7.60 Å². The Labute approximate surface area is 126 Å². The summed E-state index contributed by atoms with van der Waals surface area (Å²) in [6, 6.07) is 0. The van der Waals surface area contributed by atoms with Crippen LogP contribution in [0.15, 0.2) is 27.9 Å². The van der Waals surface area contributed by atoms with E-state index >= 15 is 0 Å². The highest BCUT2D eigenvalue weighted by atomic mass is 31.2. The second-order valence-corrected chi connectivity index (χ2v) is 5.68. The minimum Gasteiger partial charge on any atom is -0.777 e. The van der Waals surface area contributed by atoms with E-state index < -0.39 is 25.2 Å². The second kappa shape index (κ2) is 9.46. The molecule has 10 nitrogen and oxygen atoms in total. The first-order valence-corrected chi connectivity index (χ1v) is 7.69. The molecule has 0 bridgehead atoms. The SMILES string of the molecule is Cc1cn(COC/C=C\COCP(=O)([O-])O)c(=O)[nH]c1=O.[NH4+]. The molecule has 1 aromatic rings. The number of aromatic nitrogens is 2. The van der Waals surface area contributed by atoms with Gasteiger partial charge in [-0.2, -0.15) is 0 Å². The molecule has 0 saturated heterocycles. The Balaban J connectivity index is 0.00000441. The van der Waals surface area contributed by atoms with Crippen LogP contribution >= 0.6 is 7.60 Å². The predicted octanol–water partition coefficient (Wildman–Crippen LogP) is -0.729. The van der Waals surface area contributed by atoms with Crippen LogP contribution in [0.2, 0.25) is 0 Å². The number of nitrogens with zero attached hydrogens (tertiary/aromatic N) is 1. The first-order valence-electron chi connectivity index (χ1n) is 5.93. The number of rotatable bonds is 8. The average molecular weight is 337 g/mol. The Morgan fingerprint density at radius 3 is 2.55 bits per heavy atom. The summed E-state index contributed by atoms with van der Waals surface area (Å²) in [6.45, 7) is 1.71. The van der Waals surface area contributed by atoms with Crippen molar-refractivity contribution in [1.82, 2.24) is 15.7 Å². The molecule has 1 atom stereocenters. The third-order valence-corrected chi connectivity index (χ3v) is 2.78. The summed E-state index contributed by atoms with van der Waals surface area (Å²) in [5, 5.41) is 0. The maximum Gasteiger partial charge on any atom is 0.330 e. The Hall–Kier alpha value is -1.55. The number of nitrogens with one attached hydrogen (secondary N) is 1. The maximum atomic E-state index is 11.4. The summed E-state index contributed by atoms with van der Waals surface area (Å²) in [7, 11) is -4.39. The summed E-state index contributed by atoms with van der Waals surface area (Å²) in [6.07, 6.45) is 3.72. The third-order valence-electron chi connectivity index (χ3n) is 2.27. The van der Waals surface area contributed by atoms with E-state index in [0.29, 0.717) is 5.56 Å². The number of ether oxygens (including phenoxy) is 2. The van der Waals surface area contributed by atoms with Crippen LogP contribution in [0.1, 0.15) is 5.56 Å². The van der Waals surface area contributed by atoms with E-state index in [2.05, 4.69) is 9.72 Å². The zero-order valence-corrected chi connectivity index (χ0v) is 13.2. The van der Waals surface area contributed by atoms with Gasteiger partial charge in [0.15, 0.2) is 7.60 Å². The topological polar surface area (TPSA) is 170 Å². The van der Waals surface area contributed by atoms with E-state index in [1.165, 1.54) is 16.8 Å². The fourth-order valence-electron chi connectivity index (χ4n) is 1.31. The molecule has 0 spiro atoms. The Morgan fingerprint density at radius 1 is 1.36 bits per heavy atom. The van der Waals surface area contributed by atoms with Gasteiger partial charge in [0.1, 0.15) is 13.1 Å². The molecule has 0 aliphatic carbocycles. The quantitative estimate of drug-likeness (QED) is 0.319. The van der Waals surface area contributed by atoms with Gasteiger partial charge < -0.3 is 30.0 Å². The number of hydrogen-bond acceptors (Lipinski definition) is 6. The molecule has 0 radical (unpaired) electrons. The molecule has 22 heavy (non-hydrogen) atoms. The minimum atomic E-state index is -4.39. The number of aryl methyl sites for hydroxylation is 1. The monoisotopic (exact) mass is 337 g/mol. The fourth-order valence-corrected chi connectivity index (χ4v) is 1.64. The van der Waals surface area contributed by atoms with Crippen LogP contribution in [0.25, 0.3) is 0 Å². The summed E-state index contributed by atoms with van der Waals surface area (Å²) in [4.78, 5) is 43.5. The van der Waals surface area contributed by atoms with Gasteiger partial charge in [0.05, 0.1) is 13.2 Å². The zero-order chi connectivity index (χ0) is 15.9. The molecule has 0 aliphatic heterocycles. The molecule has 1 unspecified atom stereocenters. The van der Waals surface area contributed by atoms with Crippen LogP contribution in [-0.4, -0.2) is 34.0 Å². The van der Waals surface area contributed by atoms with E-state index in [1.54, 1.807) is 13.0 Å². The van der Waals surface area contributed by atoms with Gasteiger partial charge in [0.2, 0.25) is 0 Å². The predicted molar refractivity (Wildman–Crippen MR) is 77.8 cm³/mol. The first kappa shape index (κ1) is 20.5. The van der Waals surface area contributed by atoms with Gasteiger partial charge in [-0.15, -0.1) is 0 Å². The molecule has 11 heteroatoms. The molecule has 0 aromatic carbocycles. The van der Waals surface area contributed by atoms with Gasteiger partial charge in [-0.1, -0.05) is 12.2 Å². The van der Waals surface area contributed by atoms with Gasteiger partial charge in [-0.25, -0.2) is 4.79 Å². The smallest absolute Gasteiger partial charge is 0.330 e. The van der Waals surface area contributed by atoms with Crippen LogP contribution in [-0.2, 0) is 20.8 Å². The molecule has 0 aliphatic rings. The van der Waals surface area contributed by atoms with E-state index in [-0.39, 0.29) is 26.1 Å². The van der Waals surface area contributed by atoms with Crippen LogP contribution < -0.4 is 22.3 Å². The normalized spacial score (nSPS) is 13.8. The van der Waals surface area contributed by atoms with Crippen molar-refractivity contribution < 1.29 is 23.8 Å². The van der Waals surface area contributed by atoms with E-state index in [4.69, 9.17) is 9.63 Å². The van der Waals surface area contributed by atoms with E-state index in [9.17, 15) is 19.0 Å². The van der Waals surface area contributed by atoms with Crippen LogP contribution in [0.5, 0.6) is 0 Å². The standard InChI is InChI=1S/C11H17N2O7P.H3N/c1-9-6-13(11(15)12-10(9)14)7-19-4-2-3-5-20-8-21(16,17)18;/h2-3,6H,4-5,7-8H2,1H3,(H,12,14,15)(H2,16,17,18);1H3/b3-2-;. The molecule has 1 aromatic heterocycles. The fraction of sp³-hybridized carbons (Fsp3) is 0.455. The van der Waals surface area contributed by atoms with Crippen molar-refractivity contribution in [2.24, 2.45) is 0 Å². The van der Waals surface area contributed by atoms with Gasteiger partial charge in [0, 0.05) is 11.8 Å². The largest absolute Gasteiger partial charge is 0.777 e. The molecule has 126 valence electrons. The highest BCUT2D eigenvalue weighted by Gasteiger charge is 2.00. The molecular formula is C11H20N3O7P. The summed E-state index contributed by atoms with van der Waals surface area (Å²) >= 11 is 0. The number of aromatic amines is 1. The van der Waals surface area contributed by atoms with Gasteiger partial charge in [0.25, 0.3) is 5.56 Å². The lowest BCUT2D eigenvalue weighted by atomic mass is 10.4. The summed E-state index contributed by atoms with van der Waals surface area (Å²) in [5.41, 5.74) is -0.604. The molecule has 0 saturated carbocycles. The Kier molecular flexibility index (Phi) is 8.80. The van der Waals surface area contributed by atoms with Crippen LogP contribution in [0.4, 0.5) is 0 Å². The molecule has 6 N–H and O–H groups in total. The van der Waals surface area contributed by atoms with E-state index in [1.807, 2.05) is 0 Å². The molecule has 0 fully saturated rings. The molecule has 1 heterocycles. The lowest BCUT2D eigenvalue weighted by Gasteiger charge is -2.14. The minimum absolute atomic E-state index is 0. The molecule has 1 rings (SSSR count). The van der Waals surface area contributed by atoms with Crippen molar-refractivity contribution in [3.05, 3.63) is 44.8 Å². The van der Waals surface area contributed by atoms with Crippen molar-refractivity contribution in [3.63, 3.8) is 0 Å². The Morgan fingerprint density at radius 2 is 1.95 bits per heavy atom. The number of H-pyrrole nitrogens is 1. The van der Waals surface area contributed by atoms with Gasteiger partial charge in [-0.3, -0.25) is 14.3 Å². The average Bonchev–Trinajstić information content (AvgIpc) is 2.37. The maximum absolute atomic E-state index is 11.4. The third kappa shape index (κ3) is 8.03. The molecular weight excluding hydrogens is 317 g/mol. The number of hydrogen-bond donors (Lipinski definition) is 3. The van der Waals surface area contributed by atoms with Crippen molar-refractivity contribution in [2.75, 3.05) is 19.6 Å². The number of quaternary nitrogens is 1. The lowest BCUT2D eigenvalue weighted by Crippen LogP contribution is -2.31. The summed E-state index contributed by atoms with van der Waals surface area (Å²) in [5.74, 6) is 0. The molecule has 0 amide bonds. The van der Waals surface area contributed by atoms with Crippen molar-refractivity contribution in [3.8, 4) is 0 Å². The van der Waals surface area contributed by atoms with E-state index in [0.717, 1.165) is 0 Å². The lowest BCUT2D eigenvalue weighted by molar-refractivity contribution is -0.198. The summed E-state index contributed by atoms with van der Waals surface area (Å²) < 4.78 is 21.4. The first-order chi connectivity index (χ1) is 9.79. The highest BCUT2D eigenvalue weighted by Crippen LogP contribution is 2.27. The van der Waals surface area contributed by atoms with Gasteiger partial charge in [-0.05, 0) is 6.92 Å². The highest BCUT2D eigenvalue weighted by molar-refractivity contribution is 7.50. The van der Waals surface area contributed by atoms with Gasteiger partial charge >= 0.3 is 5.69 Å².